The lowest BCUT2D eigenvalue weighted by molar-refractivity contribution is -0.384. The van der Waals surface area contributed by atoms with E-state index in [-0.39, 0.29) is 21.6 Å². The van der Waals surface area contributed by atoms with Gasteiger partial charge in [0.25, 0.3) is 15.7 Å². The number of nitro groups is 1. The Kier molecular flexibility index (Phi) is 5.29. The fourth-order valence-electron chi connectivity index (χ4n) is 3.11. The quantitative estimate of drug-likeness (QED) is 0.446. The summed E-state index contributed by atoms with van der Waals surface area (Å²) in [7, 11) is -3.83. The number of benzene rings is 1. The van der Waals surface area contributed by atoms with Crippen LogP contribution in [0.2, 0.25) is 4.34 Å². The van der Waals surface area contributed by atoms with Crippen LogP contribution < -0.4 is 5.32 Å². The third-order valence-corrected chi connectivity index (χ3v) is 8.97. The summed E-state index contributed by atoms with van der Waals surface area (Å²) in [5.74, 6) is -0.484. The zero-order valence-corrected chi connectivity index (χ0v) is 17.8. The van der Waals surface area contributed by atoms with Gasteiger partial charge in [-0.2, -0.15) is 4.31 Å². The summed E-state index contributed by atoms with van der Waals surface area (Å²) in [5, 5.41) is 13.8. The summed E-state index contributed by atoms with van der Waals surface area (Å²) in [6, 6.07) is 6.30. The predicted octanol–water partition coefficient (Wildman–Crippen LogP) is 3.71. The molecule has 1 aromatic carbocycles. The summed E-state index contributed by atoms with van der Waals surface area (Å²) < 4.78 is 27.9. The van der Waals surface area contributed by atoms with Gasteiger partial charge in [0.1, 0.15) is 10.3 Å². The number of thiazole rings is 1. The molecule has 2 aromatic heterocycles. The maximum absolute atomic E-state index is 12.9. The smallest absolute Gasteiger partial charge is 0.270 e. The molecule has 0 bridgehead atoms. The molecule has 0 radical (unpaired) electrons. The van der Waals surface area contributed by atoms with Gasteiger partial charge in [-0.25, -0.2) is 13.4 Å². The Balaban J connectivity index is 1.56. The molecule has 0 unspecified atom stereocenters. The van der Waals surface area contributed by atoms with Crippen LogP contribution >= 0.6 is 34.3 Å². The van der Waals surface area contributed by atoms with E-state index in [0.29, 0.717) is 27.4 Å². The van der Waals surface area contributed by atoms with Crippen molar-refractivity contribution in [3.05, 3.63) is 44.8 Å². The first-order valence-corrected chi connectivity index (χ1v) is 11.8. The van der Waals surface area contributed by atoms with Gasteiger partial charge in [-0.1, -0.05) is 22.9 Å². The first-order chi connectivity index (χ1) is 13.8. The van der Waals surface area contributed by atoms with Crippen LogP contribution in [-0.4, -0.2) is 41.1 Å². The van der Waals surface area contributed by atoms with Crippen LogP contribution in [0.4, 0.5) is 10.8 Å². The second-order valence-electron chi connectivity index (χ2n) is 6.25. The zero-order valence-electron chi connectivity index (χ0n) is 14.6. The van der Waals surface area contributed by atoms with E-state index in [4.69, 9.17) is 11.6 Å². The van der Waals surface area contributed by atoms with Gasteiger partial charge in [0.05, 0.1) is 19.5 Å². The van der Waals surface area contributed by atoms with E-state index in [1.165, 1.54) is 34.6 Å². The van der Waals surface area contributed by atoms with Crippen molar-refractivity contribution in [2.75, 3.05) is 11.9 Å². The van der Waals surface area contributed by atoms with Gasteiger partial charge in [0.2, 0.25) is 5.91 Å². The molecule has 1 aliphatic rings. The van der Waals surface area contributed by atoms with Crippen LogP contribution in [0.15, 0.2) is 34.5 Å². The number of carbonyl (C=O) groups excluding carboxylic acids is 1. The molecule has 1 atom stereocenters. The number of nitro benzene ring substituents is 1. The van der Waals surface area contributed by atoms with Crippen molar-refractivity contribution in [1.29, 1.82) is 0 Å². The topological polar surface area (TPSA) is 123 Å². The molecule has 3 aromatic rings. The van der Waals surface area contributed by atoms with Crippen molar-refractivity contribution in [3.63, 3.8) is 0 Å². The average Bonchev–Trinajstić information content (AvgIpc) is 3.39. The molecule has 1 N–H and O–H groups in total. The highest BCUT2D eigenvalue weighted by Gasteiger charge is 2.40. The Labute approximate surface area is 178 Å². The average molecular weight is 473 g/mol. The number of halogens is 1. The molecule has 0 spiro atoms. The predicted molar refractivity (Wildman–Crippen MR) is 111 cm³/mol. The van der Waals surface area contributed by atoms with Crippen LogP contribution in [0.3, 0.4) is 0 Å². The molecule has 13 heteroatoms. The summed E-state index contributed by atoms with van der Waals surface area (Å²) in [4.78, 5) is 27.4. The SMILES string of the molecule is O=C(Nc1nc2ccc([N+](=O)[O-])cc2s1)[C@H]1CCCN1S(=O)(=O)c1ccc(Cl)s1. The molecule has 3 heterocycles. The minimum absolute atomic E-state index is 0.0679. The molecule has 0 saturated carbocycles. The molecule has 4 rings (SSSR count). The number of non-ortho nitro benzene ring substituents is 1. The van der Waals surface area contributed by atoms with Crippen LogP contribution in [0.5, 0.6) is 0 Å². The van der Waals surface area contributed by atoms with Crippen molar-refractivity contribution < 1.29 is 18.1 Å². The number of thiophene rings is 1. The fraction of sp³-hybridized carbons (Fsp3) is 0.250. The number of amides is 1. The number of hydrogen-bond acceptors (Lipinski definition) is 8. The zero-order chi connectivity index (χ0) is 20.8. The third-order valence-electron chi connectivity index (χ3n) is 4.43. The summed E-state index contributed by atoms with van der Waals surface area (Å²) in [6.07, 6.45) is 0.947. The lowest BCUT2D eigenvalue weighted by atomic mass is 10.2. The molecule has 29 heavy (non-hydrogen) atoms. The highest BCUT2D eigenvalue weighted by Crippen LogP contribution is 2.33. The molecule has 1 amide bonds. The highest BCUT2D eigenvalue weighted by molar-refractivity contribution is 7.91. The normalized spacial score (nSPS) is 17.6. The molecular weight excluding hydrogens is 460 g/mol. The lowest BCUT2D eigenvalue weighted by Crippen LogP contribution is -2.42. The maximum Gasteiger partial charge on any atom is 0.270 e. The van der Waals surface area contributed by atoms with Crippen LogP contribution in [0.25, 0.3) is 10.2 Å². The largest absolute Gasteiger partial charge is 0.301 e. The number of rotatable bonds is 5. The summed E-state index contributed by atoms with van der Waals surface area (Å²) in [5.41, 5.74) is 0.446. The van der Waals surface area contributed by atoms with Crippen molar-refractivity contribution in [2.24, 2.45) is 0 Å². The summed E-state index contributed by atoms with van der Waals surface area (Å²) in [6.45, 7) is 0.238. The van der Waals surface area contributed by atoms with E-state index < -0.39 is 26.9 Å². The second kappa shape index (κ2) is 7.61. The Hall–Kier alpha value is -2.12. The van der Waals surface area contributed by atoms with Crippen molar-refractivity contribution in [2.45, 2.75) is 23.1 Å². The molecule has 152 valence electrons. The molecule has 9 nitrogen and oxygen atoms in total. The van der Waals surface area contributed by atoms with Crippen LogP contribution in [0.1, 0.15) is 12.8 Å². The minimum Gasteiger partial charge on any atom is -0.301 e. The monoisotopic (exact) mass is 472 g/mol. The molecule has 1 saturated heterocycles. The fourth-order valence-corrected chi connectivity index (χ4v) is 7.28. The Bertz CT molecular complexity index is 1220. The number of nitrogens with zero attached hydrogens (tertiary/aromatic N) is 3. The Morgan fingerprint density at radius 2 is 2.10 bits per heavy atom. The first kappa shape index (κ1) is 20.2. The van der Waals surface area contributed by atoms with Crippen LogP contribution in [0, 0.1) is 10.1 Å². The van der Waals surface area contributed by atoms with Gasteiger partial charge < -0.3 is 5.32 Å². The van der Waals surface area contributed by atoms with Gasteiger partial charge in [-0.05, 0) is 31.0 Å². The van der Waals surface area contributed by atoms with E-state index in [0.717, 1.165) is 22.7 Å². The maximum atomic E-state index is 12.9. The van der Waals surface area contributed by atoms with Crippen LogP contribution in [-0.2, 0) is 14.8 Å². The van der Waals surface area contributed by atoms with Crippen molar-refractivity contribution in [1.82, 2.24) is 9.29 Å². The standard InChI is InChI=1S/C16H13ClN4O5S3/c17-13-5-6-14(28-13)29(25,26)20-7-1-2-11(20)15(22)19-16-18-10-4-3-9(21(23)24)8-12(10)27-16/h3-6,8,11H,1-2,7H2,(H,18,19,22)/t11-/m1/s1. The van der Waals surface area contributed by atoms with Gasteiger partial charge in [-0.3, -0.25) is 14.9 Å². The van der Waals surface area contributed by atoms with E-state index in [2.05, 4.69) is 10.3 Å². The first-order valence-electron chi connectivity index (χ1n) is 8.39. The van der Waals surface area contributed by atoms with E-state index in [9.17, 15) is 23.3 Å². The molecule has 1 fully saturated rings. The Morgan fingerprint density at radius 1 is 1.31 bits per heavy atom. The number of nitrogens with one attached hydrogen (secondary N) is 1. The van der Waals surface area contributed by atoms with E-state index >= 15 is 0 Å². The minimum atomic E-state index is -3.83. The van der Waals surface area contributed by atoms with Gasteiger partial charge >= 0.3 is 0 Å². The van der Waals surface area contributed by atoms with E-state index in [1.807, 2.05) is 0 Å². The number of aromatic nitrogens is 1. The summed E-state index contributed by atoms with van der Waals surface area (Å²) >= 11 is 7.89. The van der Waals surface area contributed by atoms with Gasteiger partial charge in [0.15, 0.2) is 5.13 Å². The van der Waals surface area contributed by atoms with Crippen molar-refractivity contribution >= 4 is 71.2 Å². The number of anilines is 1. The van der Waals surface area contributed by atoms with E-state index in [1.54, 1.807) is 0 Å². The lowest BCUT2D eigenvalue weighted by Gasteiger charge is -2.22. The van der Waals surface area contributed by atoms with Crippen molar-refractivity contribution in [3.8, 4) is 0 Å². The second-order valence-corrected chi connectivity index (χ2v) is 11.1. The van der Waals surface area contributed by atoms with Gasteiger partial charge in [-0.15, -0.1) is 11.3 Å². The number of fused-ring (bicyclic) bond motifs is 1. The number of hydrogen-bond donors (Lipinski definition) is 1. The number of sulfonamides is 1. The number of carbonyl (C=O) groups is 1. The highest BCUT2D eigenvalue weighted by atomic mass is 35.5. The molecular formula is C16H13ClN4O5S3. The third kappa shape index (κ3) is 3.85. The van der Waals surface area contributed by atoms with Gasteiger partial charge in [0, 0.05) is 18.7 Å². The Morgan fingerprint density at radius 3 is 2.79 bits per heavy atom. The molecule has 0 aliphatic carbocycles. The molecule has 1 aliphatic heterocycles.